The van der Waals surface area contributed by atoms with Gasteiger partial charge in [-0.25, -0.2) is 9.59 Å². The lowest BCUT2D eigenvalue weighted by Gasteiger charge is -2.54. The van der Waals surface area contributed by atoms with E-state index >= 15 is 0 Å². The van der Waals surface area contributed by atoms with Crippen molar-refractivity contribution in [2.75, 3.05) is 65.6 Å². The number of alkyl halides is 6. The van der Waals surface area contributed by atoms with Crippen molar-refractivity contribution in [3.05, 3.63) is 132 Å². The number of quaternary nitrogens is 2. The fourth-order valence-corrected chi connectivity index (χ4v) is 13.3. The SMILES string of the molecule is O=C(OC12CC[N+](CCCOc3ccccc3)(CC1)CC2)[C@](O)(c1ccccc1)C1CCCCC1.O=C(OC12CC[N+](CCCOc3ccccc3)(CC1)CC2)[C@](O)(c1ccccc1)C1CCCCC1.O=C([O-])C(F)(F)F.O=C([O-])C(F)(F)F. The average Bonchev–Trinajstić information content (AvgIpc) is 1.29. The molecule has 0 aromatic heterocycles. The molecule has 2 saturated carbocycles. The number of rotatable bonds is 18. The van der Waals surface area contributed by atoms with Gasteiger partial charge in [-0.3, -0.25) is 0 Å². The Bertz CT molecular complexity index is 2480. The van der Waals surface area contributed by atoms with E-state index in [9.17, 15) is 46.1 Å². The fourth-order valence-electron chi connectivity index (χ4n) is 13.3. The summed E-state index contributed by atoms with van der Waals surface area (Å²) in [4.78, 5) is 45.1. The van der Waals surface area contributed by atoms with Crippen LogP contribution in [0.1, 0.15) is 127 Å². The van der Waals surface area contributed by atoms with Crippen molar-refractivity contribution < 1.29 is 93.9 Å². The molecule has 4 aromatic carbocycles. The summed E-state index contributed by atoms with van der Waals surface area (Å²) >= 11 is 0. The van der Waals surface area contributed by atoms with Gasteiger partial charge in [0, 0.05) is 63.2 Å². The maximum atomic E-state index is 13.7. The Balaban J connectivity index is 0.000000197. The second-order valence-electron chi connectivity index (χ2n) is 23.7. The van der Waals surface area contributed by atoms with Crippen LogP contribution in [0.25, 0.3) is 0 Å². The molecule has 12 rings (SSSR count). The third-order valence-corrected chi connectivity index (χ3v) is 18.4. The molecular weight excluding hydrogens is 1100 g/mol. The number of nitrogens with zero attached hydrogens (tertiary/aromatic N) is 2. The number of aliphatic carboxylic acids is 2. The van der Waals surface area contributed by atoms with Crippen molar-refractivity contribution in [3.8, 4) is 11.5 Å². The monoisotopic (exact) mass is 1180 g/mol. The van der Waals surface area contributed by atoms with Crippen LogP contribution in [0.4, 0.5) is 26.3 Å². The molecule has 4 aromatic rings. The second-order valence-corrected chi connectivity index (χ2v) is 23.7. The number of fused-ring (bicyclic) bond motifs is 6. The van der Waals surface area contributed by atoms with Gasteiger partial charge in [0.05, 0.1) is 65.6 Å². The number of carbonyl (C=O) groups excluding carboxylic acids is 4. The number of benzene rings is 4. The van der Waals surface area contributed by atoms with Crippen LogP contribution in [0, 0.1) is 11.8 Å². The molecule has 6 heterocycles. The molecule has 2 atom stereocenters. The minimum atomic E-state index is -5.19. The molecule has 4 bridgehead atoms. The Morgan fingerprint density at radius 3 is 0.976 bits per heavy atom. The molecule has 460 valence electrons. The topological polar surface area (TPSA) is 192 Å². The number of esters is 2. The van der Waals surface area contributed by atoms with Crippen molar-refractivity contribution in [2.45, 2.75) is 150 Å². The molecule has 2 aliphatic carbocycles. The summed E-state index contributed by atoms with van der Waals surface area (Å²) < 4.78 is 89.8. The predicted octanol–water partition coefficient (Wildman–Crippen LogP) is 9.04. The van der Waals surface area contributed by atoms with Crippen LogP contribution >= 0.6 is 0 Å². The van der Waals surface area contributed by atoms with E-state index in [-0.39, 0.29) is 11.8 Å². The number of carboxylic acids is 2. The number of hydrogen-bond donors (Lipinski definition) is 2. The minimum absolute atomic E-state index is 0.0748. The maximum absolute atomic E-state index is 13.7. The first-order chi connectivity index (χ1) is 40.0. The lowest BCUT2D eigenvalue weighted by atomic mass is 9.73. The van der Waals surface area contributed by atoms with Crippen molar-refractivity contribution in [3.63, 3.8) is 0 Å². The van der Waals surface area contributed by atoms with Crippen molar-refractivity contribution in [2.24, 2.45) is 11.8 Å². The third-order valence-electron chi connectivity index (χ3n) is 18.4. The zero-order valence-corrected chi connectivity index (χ0v) is 47.6. The number of carboxylic acid groups (broad SMARTS) is 2. The number of para-hydroxylation sites is 2. The van der Waals surface area contributed by atoms with E-state index in [1.807, 2.05) is 121 Å². The molecule has 8 fully saturated rings. The van der Waals surface area contributed by atoms with Crippen molar-refractivity contribution in [1.82, 2.24) is 0 Å². The van der Waals surface area contributed by atoms with Crippen LogP contribution in [-0.2, 0) is 39.9 Å². The van der Waals surface area contributed by atoms with Crippen LogP contribution in [-0.4, -0.2) is 132 Å². The number of piperidine rings is 6. The molecule has 14 nitrogen and oxygen atoms in total. The molecule has 84 heavy (non-hydrogen) atoms. The Morgan fingerprint density at radius 1 is 0.452 bits per heavy atom. The van der Waals surface area contributed by atoms with E-state index in [0.29, 0.717) is 11.1 Å². The van der Waals surface area contributed by atoms with E-state index in [4.69, 9.17) is 38.7 Å². The summed E-state index contributed by atoms with van der Waals surface area (Å²) in [5.74, 6) is -5.15. The second kappa shape index (κ2) is 28.8. The summed E-state index contributed by atoms with van der Waals surface area (Å²) in [5, 5.41) is 41.4. The molecule has 0 radical (unpaired) electrons. The fraction of sp³-hybridized carbons (Fsp3) is 0.562. The zero-order chi connectivity index (χ0) is 60.5. The summed E-state index contributed by atoms with van der Waals surface area (Å²) in [6, 6.07) is 39.0. The molecule has 0 amide bonds. The summed E-state index contributed by atoms with van der Waals surface area (Å²) in [5.41, 5.74) is -2.57. The van der Waals surface area contributed by atoms with Gasteiger partial charge in [-0.1, -0.05) is 136 Å². The van der Waals surface area contributed by atoms with E-state index in [1.165, 1.54) is 12.8 Å². The number of hydrogen-bond acceptors (Lipinski definition) is 12. The molecule has 8 aliphatic rings. The number of aliphatic hydroxyl groups is 2. The van der Waals surface area contributed by atoms with Gasteiger partial charge in [0.25, 0.3) is 0 Å². The Hall–Kier alpha value is -6.22. The van der Waals surface area contributed by atoms with Crippen LogP contribution < -0.4 is 19.7 Å². The predicted molar refractivity (Wildman–Crippen MR) is 294 cm³/mol. The van der Waals surface area contributed by atoms with Crippen molar-refractivity contribution >= 4 is 23.9 Å². The van der Waals surface area contributed by atoms with Crippen LogP contribution in [0.2, 0.25) is 0 Å². The lowest BCUT2D eigenvalue weighted by Crippen LogP contribution is -2.66. The Morgan fingerprint density at radius 2 is 0.714 bits per heavy atom. The largest absolute Gasteiger partial charge is 0.542 e. The zero-order valence-electron chi connectivity index (χ0n) is 47.6. The highest BCUT2D eigenvalue weighted by atomic mass is 19.4. The third kappa shape index (κ3) is 17.0. The van der Waals surface area contributed by atoms with Crippen LogP contribution in [0.15, 0.2) is 121 Å². The number of carbonyl (C=O) groups is 4. The highest BCUT2D eigenvalue weighted by molar-refractivity contribution is 5.83. The van der Waals surface area contributed by atoms with Gasteiger partial charge in [-0.05, 0) is 61.1 Å². The molecule has 0 unspecified atom stereocenters. The first-order valence-electron chi connectivity index (χ1n) is 29.6. The van der Waals surface area contributed by atoms with E-state index in [2.05, 4.69) is 0 Å². The number of ether oxygens (including phenoxy) is 4. The first kappa shape index (κ1) is 65.3. The summed E-state index contributed by atoms with van der Waals surface area (Å²) in [7, 11) is 0. The van der Waals surface area contributed by atoms with E-state index < -0.39 is 58.6 Å². The van der Waals surface area contributed by atoms with Gasteiger partial charge < -0.3 is 57.9 Å². The normalized spacial score (nSPS) is 25.4. The molecular formula is C64H80F6N2O12. The van der Waals surface area contributed by atoms with E-state index in [1.54, 1.807) is 0 Å². The maximum Gasteiger partial charge on any atom is 0.430 e. The first-order valence-corrected chi connectivity index (χ1v) is 29.6. The highest BCUT2D eigenvalue weighted by Crippen LogP contribution is 2.47. The molecule has 20 heteroatoms. The van der Waals surface area contributed by atoms with Gasteiger partial charge in [0.15, 0.2) is 11.2 Å². The number of halogens is 6. The molecule has 6 aliphatic heterocycles. The van der Waals surface area contributed by atoms with Crippen LogP contribution in [0.5, 0.6) is 11.5 Å². The quantitative estimate of drug-likeness (QED) is 0.0417. The summed E-state index contributed by atoms with van der Waals surface area (Å²) in [6.07, 6.45) is 7.05. The van der Waals surface area contributed by atoms with Crippen LogP contribution in [0.3, 0.4) is 0 Å². The summed E-state index contributed by atoms with van der Waals surface area (Å²) in [6.45, 7) is 9.87. The Kier molecular flexibility index (Phi) is 22.4. The van der Waals surface area contributed by atoms with E-state index in [0.717, 1.165) is 189 Å². The molecule has 6 saturated heterocycles. The smallest absolute Gasteiger partial charge is 0.430 e. The molecule has 2 N–H and O–H groups in total. The van der Waals surface area contributed by atoms with Gasteiger partial charge in [-0.2, -0.15) is 26.3 Å². The van der Waals surface area contributed by atoms with Gasteiger partial charge in [0.2, 0.25) is 0 Å². The lowest BCUT2D eigenvalue weighted by molar-refractivity contribution is -0.945. The Labute approximate surface area is 487 Å². The highest BCUT2D eigenvalue weighted by Gasteiger charge is 2.57. The standard InChI is InChI=1S/2C30H40NO4.2C2HF3O2/c2*32-28(30(33,25-11-4-1-5-12-25)26-13-6-2-7-14-26)35-29-17-21-31(22-18-29,23-19-29)20-10-24-34-27-15-8-3-9-16-27;2*3-2(4,5)1(6)7/h2*1,3-5,8-9,11-12,15-16,26,33H,2,6-7,10,13-14,17-24H2;2*(H,6,7)/q2*+1;;/p-2/t2*29?,30-,31?;;/m00../s1. The average molecular weight is 1180 g/mol. The van der Waals surface area contributed by atoms with Gasteiger partial charge in [-0.15, -0.1) is 0 Å². The van der Waals surface area contributed by atoms with Gasteiger partial charge >= 0.3 is 24.3 Å². The van der Waals surface area contributed by atoms with Crippen molar-refractivity contribution in [1.29, 1.82) is 0 Å². The minimum Gasteiger partial charge on any atom is -0.542 e. The molecule has 0 spiro atoms. The van der Waals surface area contributed by atoms with Gasteiger partial charge in [0.1, 0.15) is 34.6 Å².